The predicted octanol–water partition coefficient (Wildman–Crippen LogP) is 13.4. The third-order valence-corrected chi connectivity index (χ3v) is 12.9. The number of nitrogens with zero attached hydrogens (tertiary/aromatic N) is 4. The van der Waals surface area contributed by atoms with E-state index in [1.807, 2.05) is 84.2 Å². The van der Waals surface area contributed by atoms with Gasteiger partial charge < -0.3 is 4.57 Å². The molecular formula is C49H30N4S2. The van der Waals surface area contributed by atoms with Gasteiger partial charge >= 0.3 is 0 Å². The zero-order valence-electron chi connectivity index (χ0n) is 29.4. The Balaban J connectivity index is 0.995. The van der Waals surface area contributed by atoms with Gasteiger partial charge in [-0.15, -0.1) is 0 Å². The Hall–Kier alpha value is -6.47. The Morgan fingerprint density at radius 2 is 0.855 bits per heavy atom. The molecule has 0 N–H and O–H groups in total. The molecule has 0 saturated carbocycles. The summed E-state index contributed by atoms with van der Waals surface area (Å²) in [5, 5.41) is 5.03. The fourth-order valence-electron chi connectivity index (χ4n) is 7.59. The second-order valence-electron chi connectivity index (χ2n) is 13.7. The minimum absolute atomic E-state index is 0.649. The lowest BCUT2D eigenvalue weighted by atomic mass is 10.0. The molecule has 1 aliphatic heterocycles. The summed E-state index contributed by atoms with van der Waals surface area (Å²) in [6, 6.07) is 64.4. The summed E-state index contributed by atoms with van der Waals surface area (Å²) in [5.41, 5.74) is 8.74. The summed E-state index contributed by atoms with van der Waals surface area (Å²) >= 11 is 3.75. The highest BCUT2D eigenvalue weighted by atomic mass is 32.2. The van der Waals surface area contributed by atoms with E-state index in [4.69, 9.17) is 15.0 Å². The van der Waals surface area contributed by atoms with Gasteiger partial charge in [0.25, 0.3) is 0 Å². The van der Waals surface area contributed by atoms with Crippen molar-refractivity contribution in [3.8, 4) is 51.0 Å². The first-order valence-electron chi connectivity index (χ1n) is 18.3. The number of benzene rings is 8. The molecule has 11 rings (SSSR count). The van der Waals surface area contributed by atoms with Crippen LogP contribution in [0.1, 0.15) is 0 Å². The maximum Gasteiger partial charge on any atom is 0.164 e. The number of fused-ring (bicyclic) bond motifs is 7. The van der Waals surface area contributed by atoms with Crippen molar-refractivity contribution in [1.82, 2.24) is 19.5 Å². The van der Waals surface area contributed by atoms with Crippen molar-refractivity contribution < 1.29 is 0 Å². The molecule has 0 bridgehead atoms. The molecule has 55 heavy (non-hydrogen) atoms. The van der Waals surface area contributed by atoms with E-state index in [1.54, 1.807) is 0 Å². The van der Waals surface area contributed by atoms with Crippen LogP contribution in [-0.2, 0) is 0 Å². The molecule has 0 saturated heterocycles. The van der Waals surface area contributed by atoms with Crippen molar-refractivity contribution >= 4 is 56.1 Å². The van der Waals surface area contributed by atoms with Crippen molar-refractivity contribution in [2.45, 2.75) is 19.6 Å². The van der Waals surface area contributed by atoms with Crippen LogP contribution in [0.25, 0.3) is 83.6 Å². The zero-order chi connectivity index (χ0) is 36.3. The van der Waals surface area contributed by atoms with Crippen molar-refractivity contribution in [1.29, 1.82) is 0 Å². The summed E-state index contributed by atoms with van der Waals surface area (Å²) < 4.78 is 2.47. The van der Waals surface area contributed by atoms with Crippen LogP contribution in [0.3, 0.4) is 0 Å². The van der Waals surface area contributed by atoms with E-state index in [9.17, 15) is 0 Å². The quantitative estimate of drug-likeness (QED) is 0.176. The molecule has 4 nitrogen and oxygen atoms in total. The Bertz CT molecular complexity index is 3010. The zero-order valence-corrected chi connectivity index (χ0v) is 31.1. The Kier molecular flexibility index (Phi) is 7.64. The molecule has 10 aromatic rings. The smallest absolute Gasteiger partial charge is 0.164 e. The van der Waals surface area contributed by atoms with Crippen molar-refractivity contribution in [3.63, 3.8) is 0 Å². The monoisotopic (exact) mass is 738 g/mol. The Morgan fingerprint density at radius 1 is 0.364 bits per heavy atom. The summed E-state index contributed by atoms with van der Waals surface area (Å²) in [4.78, 5) is 19.9. The third-order valence-electron chi connectivity index (χ3n) is 10.3. The maximum absolute atomic E-state index is 4.93. The minimum atomic E-state index is 0.649. The Labute approximate surface area is 326 Å². The van der Waals surface area contributed by atoms with Crippen LogP contribution >= 0.6 is 23.5 Å². The summed E-state index contributed by atoms with van der Waals surface area (Å²) in [6.45, 7) is 0. The Morgan fingerprint density at radius 3 is 1.47 bits per heavy atom. The molecule has 0 unspecified atom stereocenters. The van der Waals surface area contributed by atoms with Crippen LogP contribution in [0.4, 0.5) is 0 Å². The van der Waals surface area contributed by atoms with Crippen LogP contribution in [0.5, 0.6) is 0 Å². The largest absolute Gasteiger partial charge is 0.308 e. The van der Waals surface area contributed by atoms with Crippen molar-refractivity contribution in [2.75, 3.05) is 0 Å². The lowest BCUT2D eigenvalue weighted by Gasteiger charge is -2.20. The van der Waals surface area contributed by atoms with E-state index >= 15 is 0 Å². The standard InChI is InChI=1S/C49H30N4S2/c1-3-11-33(12-4-1)47-50-48(34-13-5-2-6-14-34)52-49(51-47)35-21-19-31(20-22-35)32-23-25-38(26-24-32)53-41-30-37-16-8-7-15-36(37)29-40(41)39-27-28-44-46(45(39)53)55-43-18-10-9-17-42(43)54-44/h1-30H. The average Bonchev–Trinajstić information content (AvgIpc) is 3.59. The van der Waals surface area contributed by atoms with Crippen LogP contribution in [0, 0.1) is 0 Å². The van der Waals surface area contributed by atoms with Gasteiger partial charge in [-0.25, -0.2) is 15.0 Å². The number of rotatable bonds is 5. The first-order chi connectivity index (χ1) is 27.2. The minimum Gasteiger partial charge on any atom is -0.308 e. The van der Waals surface area contributed by atoms with Crippen LogP contribution in [-0.4, -0.2) is 19.5 Å². The highest BCUT2D eigenvalue weighted by molar-refractivity contribution is 8.05. The van der Waals surface area contributed by atoms with E-state index in [1.165, 1.54) is 52.2 Å². The molecule has 0 radical (unpaired) electrons. The van der Waals surface area contributed by atoms with Gasteiger partial charge in [0.2, 0.25) is 0 Å². The van der Waals surface area contributed by atoms with Crippen molar-refractivity contribution in [3.05, 3.63) is 182 Å². The third kappa shape index (κ3) is 5.61. The number of hydrogen-bond donors (Lipinski definition) is 0. The summed E-state index contributed by atoms with van der Waals surface area (Å²) in [5.74, 6) is 1.96. The average molecular weight is 739 g/mol. The van der Waals surface area contributed by atoms with E-state index in [0.29, 0.717) is 17.5 Å². The molecule has 0 amide bonds. The molecule has 1 aliphatic rings. The van der Waals surface area contributed by atoms with Gasteiger partial charge in [0.15, 0.2) is 17.5 Å². The van der Waals surface area contributed by atoms with Crippen LogP contribution < -0.4 is 0 Å². The molecule has 0 spiro atoms. The second-order valence-corrected chi connectivity index (χ2v) is 15.8. The van der Waals surface area contributed by atoms with Gasteiger partial charge in [0.05, 0.1) is 15.9 Å². The van der Waals surface area contributed by atoms with Crippen LogP contribution in [0.2, 0.25) is 0 Å². The number of aromatic nitrogens is 4. The van der Waals surface area contributed by atoms with Gasteiger partial charge in [-0.1, -0.05) is 163 Å². The molecule has 8 aromatic carbocycles. The van der Waals surface area contributed by atoms with E-state index < -0.39 is 0 Å². The lowest BCUT2D eigenvalue weighted by molar-refractivity contribution is 1.07. The van der Waals surface area contributed by atoms with E-state index in [-0.39, 0.29) is 0 Å². The second kappa shape index (κ2) is 13.1. The molecule has 0 aliphatic carbocycles. The summed E-state index contributed by atoms with van der Waals surface area (Å²) in [6.07, 6.45) is 0. The topological polar surface area (TPSA) is 43.6 Å². The van der Waals surface area contributed by atoms with Gasteiger partial charge in [-0.3, -0.25) is 0 Å². The lowest BCUT2D eigenvalue weighted by Crippen LogP contribution is -2.00. The molecule has 3 heterocycles. The molecule has 2 aromatic heterocycles. The highest BCUT2D eigenvalue weighted by Crippen LogP contribution is 2.52. The first kappa shape index (κ1) is 32.0. The molecule has 0 atom stereocenters. The molecule has 258 valence electrons. The highest BCUT2D eigenvalue weighted by Gasteiger charge is 2.24. The summed E-state index contributed by atoms with van der Waals surface area (Å²) in [7, 11) is 0. The molecule has 0 fully saturated rings. The van der Waals surface area contributed by atoms with Gasteiger partial charge in [0, 0.05) is 47.8 Å². The van der Waals surface area contributed by atoms with E-state index in [2.05, 4.69) is 126 Å². The van der Waals surface area contributed by atoms with Gasteiger partial charge in [0.1, 0.15) is 0 Å². The van der Waals surface area contributed by atoms with E-state index in [0.717, 1.165) is 33.5 Å². The van der Waals surface area contributed by atoms with Gasteiger partial charge in [-0.05, 0) is 64.4 Å². The fourth-order valence-corrected chi connectivity index (χ4v) is 9.97. The molecule has 6 heteroatoms. The first-order valence-corrected chi connectivity index (χ1v) is 19.9. The van der Waals surface area contributed by atoms with Gasteiger partial charge in [-0.2, -0.15) is 0 Å². The maximum atomic E-state index is 4.93. The van der Waals surface area contributed by atoms with Crippen molar-refractivity contribution in [2.24, 2.45) is 0 Å². The SMILES string of the molecule is c1ccc(-c2nc(-c3ccccc3)nc(-c3ccc(-c4ccc(-n5c6cc7ccccc7cc6c6ccc7c(c65)Sc5ccccc5S7)cc4)cc3)n2)cc1. The fraction of sp³-hybridized carbons (Fsp3) is 0. The molecular weight excluding hydrogens is 709 g/mol. The van der Waals surface area contributed by atoms with Crippen LogP contribution in [0.15, 0.2) is 202 Å². The number of hydrogen-bond acceptors (Lipinski definition) is 5. The normalized spacial score (nSPS) is 12.2. The predicted molar refractivity (Wildman–Crippen MR) is 228 cm³/mol.